The Bertz CT molecular complexity index is 1920. The van der Waals surface area contributed by atoms with Crippen molar-refractivity contribution in [3.8, 4) is 11.5 Å². The third-order valence-corrected chi connectivity index (χ3v) is 9.78. The molecule has 0 bridgehead atoms. The Morgan fingerprint density at radius 3 is 2.22 bits per heavy atom. The van der Waals surface area contributed by atoms with Gasteiger partial charge in [0.15, 0.2) is 0 Å². The molecule has 4 amide bonds. The van der Waals surface area contributed by atoms with Crippen LogP contribution in [0.1, 0.15) is 46.8 Å². The van der Waals surface area contributed by atoms with Gasteiger partial charge in [0.25, 0.3) is 0 Å². The second-order valence-electron chi connectivity index (χ2n) is 12.7. The number of rotatable bonds is 12. The van der Waals surface area contributed by atoms with Crippen LogP contribution in [0.5, 0.6) is 11.5 Å². The number of ether oxygens (including phenoxy) is 2. The molecule has 264 valence electrons. The average Bonchev–Trinajstić information content (AvgIpc) is 3.63. The van der Waals surface area contributed by atoms with E-state index in [1.165, 1.54) is 0 Å². The maximum absolute atomic E-state index is 15.1. The minimum atomic E-state index is -1.96. The van der Waals surface area contributed by atoms with Crippen LogP contribution < -0.4 is 30.7 Å². The van der Waals surface area contributed by atoms with Crippen LogP contribution in [0.15, 0.2) is 97.1 Å². The number of imide groups is 1. The van der Waals surface area contributed by atoms with Gasteiger partial charge < -0.3 is 30.7 Å². The van der Waals surface area contributed by atoms with E-state index in [0.29, 0.717) is 29.7 Å². The molecule has 51 heavy (non-hydrogen) atoms. The van der Waals surface area contributed by atoms with E-state index in [2.05, 4.69) is 10.6 Å². The number of nitrogens with one attached hydrogen (secondary N) is 2. The summed E-state index contributed by atoms with van der Waals surface area (Å²) in [6.07, 6.45) is 1.17. The van der Waals surface area contributed by atoms with Crippen LogP contribution in [0.3, 0.4) is 0 Å². The van der Waals surface area contributed by atoms with Gasteiger partial charge in [0.1, 0.15) is 35.5 Å². The lowest BCUT2D eigenvalue weighted by atomic mass is 9.65. The molecule has 0 radical (unpaired) electrons. The van der Waals surface area contributed by atoms with Gasteiger partial charge in [-0.05, 0) is 77.9 Å². The Balaban J connectivity index is 1.48. The SMILES string of the molecule is COc1ccc(CCc2ccc3c(c2)[C@]2(C(=O)N3C(=O)N[C@H](C)c3ccccc3)[C@H](c3ccc(OCCO)cc3)N[C@@H](C(N)=O)[C@@H]2C(=O)O)cc1. The molecule has 6 N–H and O–H groups in total. The van der Waals surface area contributed by atoms with Crippen molar-refractivity contribution in [2.24, 2.45) is 11.7 Å². The predicted molar refractivity (Wildman–Crippen MR) is 188 cm³/mol. The second kappa shape index (κ2) is 14.6. The van der Waals surface area contributed by atoms with Gasteiger partial charge in [0, 0.05) is 0 Å². The molecular weight excluding hydrogens is 652 g/mol. The van der Waals surface area contributed by atoms with Gasteiger partial charge in [0.2, 0.25) is 11.8 Å². The smallest absolute Gasteiger partial charge is 0.329 e. The Kier molecular flexibility index (Phi) is 10.1. The molecule has 0 aromatic heterocycles. The molecule has 2 aliphatic heterocycles. The summed E-state index contributed by atoms with van der Waals surface area (Å²) in [5.74, 6) is -3.66. The minimum absolute atomic E-state index is 0.0619. The molecule has 0 unspecified atom stereocenters. The highest BCUT2D eigenvalue weighted by molar-refractivity contribution is 6.24. The predicted octanol–water partition coefficient (Wildman–Crippen LogP) is 3.81. The van der Waals surface area contributed by atoms with E-state index in [4.69, 9.17) is 15.2 Å². The molecule has 0 saturated carbocycles. The van der Waals surface area contributed by atoms with Gasteiger partial charge >= 0.3 is 12.0 Å². The summed E-state index contributed by atoms with van der Waals surface area (Å²) in [5, 5.41) is 26.0. The van der Waals surface area contributed by atoms with E-state index in [-0.39, 0.29) is 18.9 Å². The summed E-state index contributed by atoms with van der Waals surface area (Å²) < 4.78 is 10.8. The number of aliphatic hydroxyl groups is 1. The fraction of sp³-hybridized carbons (Fsp3) is 0.282. The van der Waals surface area contributed by atoms with Crippen molar-refractivity contribution in [1.82, 2.24) is 10.6 Å². The first-order chi connectivity index (χ1) is 24.6. The number of aliphatic carboxylic acids is 1. The maximum Gasteiger partial charge on any atom is 0.329 e. The zero-order valence-electron chi connectivity index (χ0n) is 28.2. The molecule has 1 spiro atoms. The van der Waals surface area contributed by atoms with Crippen LogP contribution >= 0.6 is 0 Å². The number of anilines is 1. The van der Waals surface area contributed by atoms with Crippen molar-refractivity contribution in [3.05, 3.63) is 125 Å². The third kappa shape index (κ3) is 6.51. The number of hydrogen-bond acceptors (Lipinski definition) is 8. The van der Waals surface area contributed by atoms with Crippen molar-refractivity contribution in [2.45, 2.75) is 43.3 Å². The monoisotopic (exact) mass is 692 g/mol. The summed E-state index contributed by atoms with van der Waals surface area (Å²) in [5.41, 5.74) is 7.51. The van der Waals surface area contributed by atoms with Gasteiger partial charge in [-0.1, -0.05) is 66.7 Å². The largest absolute Gasteiger partial charge is 0.497 e. The van der Waals surface area contributed by atoms with Crippen LogP contribution in [-0.4, -0.2) is 60.4 Å². The number of fused-ring (bicyclic) bond motifs is 2. The average molecular weight is 693 g/mol. The fourth-order valence-corrected chi connectivity index (χ4v) is 7.32. The molecule has 1 fully saturated rings. The molecule has 2 heterocycles. The lowest BCUT2D eigenvalue weighted by Gasteiger charge is -2.34. The number of carboxylic acids is 1. The van der Waals surface area contributed by atoms with Crippen molar-refractivity contribution < 1.29 is 38.9 Å². The van der Waals surface area contributed by atoms with Crippen LogP contribution in [0.2, 0.25) is 0 Å². The third-order valence-electron chi connectivity index (χ3n) is 9.78. The highest BCUT2D eigenvalue weighted by atomic mass is 16.5. The van der Waals surface area contributed by atoms with Gasteiger partial charge in [0.05, 0.1) is 31.5 Å². The standard InChI is InChI=1S/C39H40N4O8/c1-23(26-6-4-3-5-7-26)41-38(49)43-31-19-12-25(9-8-24-10-15-28(50-2)16-11-24)22-30(31)39(37(43)48)32(36(46)47)33(35(40)45)42-34(39)27-13-17-29(18-14-27)51-21-20-44/h3-7,10-19,22-23,32-34,42,44H,8-9,20-21H2,1-2H3,(H2,40,45)(H,41,49)(H,46,47)/t23-,32-,33-,34+,39-/m1/s1. The van der Waals surface area contributed by atoms with Crippen molar-refractivity contribution in [1.29, 1.82) is 0 Å². The zero-order chi connectivity index (χ0) is 36.3. The van der Waals surface area contributed by atoms with E-state index in [1.807, 2.05) is 60.7 Å². The molecular formula is C39H40N4O8. The topological polar surface area (TPSA) is 181 Å². The van der Waals surface area contributed by atoms with Gasteiger partial charge in [-0.2, -0.15) is 0 Å². The fourth-order valence-electron chi connectivity index (χ4n) is 7.32. The summed E-state index contributed by atoms with van der Waals surface area (Å²) in [7, 11) is 1.60. The zero-order valence-corrected chi connectivity index (χ0v) is 28.2. The summed E-state index contributed by atoms with van der Waals surface area (Å²) in [6, 6.07) is 25.0. The molecule has 12 nitrogen and oxygen atoms in total. The van der Waals surface area contributed by atoms with Crippen molar-refractivity contribution in [2.75, 3.05) is 25.2 Å². The second-order valence-corrected chi connectivity index (χ2v) is 12.7. The summed E-state index contributed by atoms with van der Waals surface area (Å²) >= 11 is 0. The Morgan fingerprint density at radius 1 is 0.941 bits per heavy atom. The molecule has 5 atom stereocenters. The van der Waals surface area contributed by atoms with Crippen LogP contribution in [0, 0.1) is 5.92 Å². The summed E-state index contributed by atoms with van der Waals surface area (Å²) in [4.78, 5) is 56.5. The lowest BCUT2D eigenvalue weighted by molar-refractivity contribution is -0.148. The number of methoxy groups -OCH3 is 1. The number of carbonyl (C=O) groups excluding carboxylic acids is 3. The van der Waals surface area contributed by atoms with Crippen molar-refractivity contribution in [3.63, 3.8) is 0 Å². The number of aryl methyl sites for hydroxylation is 2. The van der Waals surface area contributed by atoms with Gasteiger partial charge in [-0.25, -0.2) is 9.69 Å². The number of amides is 4. The highest BCUT2D eigenvalue weighted by Gasteiger charge is 2.70. The number of hydrogen-bond donors (Lipinski definition) is 5. The first-order valence-electron chi connectivity index (χ1n) is 16.7. The molecule has 6 rings (SSSR count). The lowest BCUT2D eigenvalue weighted by Crippen LogP contribution is -2.54. The molecule has 1 saturated heterocycles. The number of urea groups is 1. The first-order valence-corrected chi connectivity index (χ1v) is 16.7. The quantitative estimate of drug-likeness (QED) is 0.148. The highest BCUT2D eigenvalue weighted by Crippen LogP contribution is 2.58. The van der Waals surface area contributed by atoms with E-state index >= 15 is 4.79 Å². The number of aliphatic hydroxyl groups excluding tert-OH is 1. The Labute approximate surface area is 295 Å². The Morgan fingerprint density at radius 2 is 1.59 bits per heavy atom. The van der Waals surface area contributed by atoms with Gasteiger partial charge in [-0.15, -0.1) is 0 Å². The maximum atomic E-state index is 15.1. The van der Waals surface area contributed by atoms with Gasteiger partial charge in [-0.3, -0.25) is 19.7 Å². The summed E-state index contributed by atoms with van der Waals surface area (Å²) in [6.45, 7) is 1.66. The van der Waals surface area contributed by atoms with E-state index in [0.717, 1.165) is 27.3 Å². The first kappa shape index (κ1) is 35.1. The molecule has 4 aromatic rings. The van der Waals surface area contributed by atoms with E-state index in [9.17, 15) is 24.6 Å². The number of benzene rings is 4. The number of primary amides is 1. The molecule has 4 aromatic carbocycles. The van der Waals surface area contributed by atoms with Crippen LogP contribution in [-0.2, 0) is 32.6 Å². The normalized spacial score (nSPS) is 21.3. The molecule has 12 heteroatoms. The molecule has 2 aliphatic rings. The molecule has 0 aliphatic carbocycles. The number of nitrogens with zero attached hydrogens (tertiary/aromatic N) is 1. The number of carbonyl (C=O) groups is 4. The van der Waals surface area contributed by atoms with E-state index in [1.54, 1.807) is 50.4 Å². The van der Waals surface area contributed by atoms with Crippen molar-refractivity contribution >= 4 is 29.5 Å². The minimum Gasteiger partial charge on any atom is -0.497 e. The van der Waals surface area contributed by atoms with Crippen LogP contribution in [0.4, 0.5) is 10.5 Å². The number of carboxylic acid groups (broad SMARTS) is 1. The Hall–Kier alpha value is -5.72. The van der Waals surface area contributed by atoms with E-state index < -0.39 is 53.3 Å². The number of nitrogens with two attached hydrogens (primary N) is 1. The van der Waals surface area contributed by atoms with Crippen LogP contribution in [0.25, 0.3) is 0 Å².